The number of aromatic nitrogens is 3. The highest BCUT2D eigenvalue weighted by Gasteiger charge is 2.37. The topological polar surface area (TPSA) is 89.8 Å². The number of halogens is 3. The number of carbonyl (C=O) groups excluding carboxylic acids is 2. The van der Waals surface area contributed by atoms with Crippen LogP contribution in [0.5, 0.6) is 5.88 Å². The van der Waals surface area contributed by atoms with Gasteiger partial charge in [0.15, 0.2) is 5.69 Å². The first-order chi connectivity index (χ1) is 18.8. The number of benzene rings is 1. The van der Waals surface area contributed by atoms with Gasteiger partial charge in [-0.15, -0.1) is 0 Å². The molecule has 0 aliphatic carbocycles. The van der Waals surface area contributed by atoms with Gasteiger partial charge in [0.05, 0.1) is 24.7 Å². The minimum Gasteiger partial charge on any atom is -0.478 e. The second-order valence-corrected chi connectivity index (χ2v) is 10.5. The van der Waals surface area contributed by atoms with Crippen LogP contribution in [0.25, 0.3) is 11.3 Å². The summed E-state index contributed by atoms with van der Waals surface area (Å²) < 4.78 is 52.0. The van der Waals surface area contributed by atoms with E-state index in [0.29, 0.717) is 5.69 Å². The highest BCUT2D eigenvalue weighted by atomic mass is 19.4. The first kappa shape index (κ1) is 28.9. The van der Waals surface area contributed by atoms with Crippen LogP contribution in [0.1, 0.15) is 43.4 Å². The van der Waals surface area contributed by atoms with Crippen LogP contribution in [-0.2, 0) is 18.0 Å². The van der Waals surface area contributed by atoms with Crippen LogP contribution < -0.4 is 4.74 Å². The van der Waals surface area contributed by atoms with Crippen molar-refractivity contribution in [3.63, 3.8) is 0 Å². The fourth-order valence-electron chi connectivity index (χ4n) is 4.47. The Bertz CT molecular complexity index is 1340. The lowest BCUT2D eigenvalue weighted by atomic mass is 10.1. The van der Waals surface area contributed by atoms with Crippen LogP contribution >= 0.6 is 0 Å². The molecular formula is C28H32F3N5O4. The quantitative estimate of drug-likeness (QED) is 0.421. The molecule has 1 aliphatic rings. The van der Waals surface area contributed by atoms with Crippen LogP contribution in [0.3, 0.4) is 0 Å². The normalized spacial score (nSPS) is 16.1. The van der Waals surface area contributed by atoms with E-state index in [1.54, 1.807) is 43.6 Å². The number of pyridine rings is 1. The minimum absolute atomic E-state index is 0.0291. The molecule has 1 fully saturated rings. The number of hydrogen-bond acceptors (Lipinski definition) is 6. The summed E-state index contributed by atoms with van der Waals surface area (Å²) in [6.07, 6.45) is -3.30. The van der Waals surface area contributed by atoms with Gasteiger partial charge in [0.2, 0.25) is 5.88 Å². The molecule has 1 saturated heterocycles. The van der Waals surface area contributed by atoms with Crippen molar-refractivity contribution in [3.05, 3.63) is 66.2 Å². The predicted octanol–water partition coefficient (Wildman–Crippen LogP) is 5.03. The first-order valence-electron chi connectivity index (χ1n) is 12.9. The molecule has 0 N–H and O–H groups in total. The van der Waals surface area contributed by atoms with Gasteiger partial charge >= 0.3 is 12.3 Å². The number of alkyl halides is 3. The lowest BCUT2D eigenvalue weighted by molar-refractivity contribution is -0.141. The summed E-state index contributed by atoms with van der Waals surface area (Å²) in [5, 5.41) is 0. The van der Waals surface area contributed by atoms with E-state index in [9.17, 15) is 22.8 Å². The van der Waals surface area contributed by atoms with Gasteiger partial charge in [0.25, 0.3) is 5.91 Å². The fourth-order valence-corrected chi connectivity index (χ4v) is 4.47. The Morgan fingerprint density at radius 1 is 1.02 bits per heavy atom. The zero-order valence-corrected chi connectivity index (χ0v) is 22.8. The zero-order valence-electron chi connectivity index (χ0n) is 22.8. The smallest absolute Gasteiger partial charge is 0.433 e. The molecule has 40 heavy (non-hydrogen) atoms. The van der Waals surface area contributed by atoms with Crippen molar-refractivity contribution in [1.82, 2.24) is 24.3 Å². The second-order valence-electron chi connectivity index (χ2n) is 10.5. The molecule has 9 nitrogen and oxygen atoms in total. The van der Waals surface area contributed by atoms with Crippen molar-refractivity contribution in [2.24, 2.45) is 7.05 Å². The van der Waals surface area contributed by atoms with Crippen LogP contribution in [-0.4, -0.2) is 74.2 Å². The Hall–Kier alpha value is -4.09. The first-order valence-corrected chi connectivity index (χ1v) is 12.9. The number of carbonyl (C=O) groups is 2. The molecule has 214 valence electrons. The van der Waals surface area contributed by atoms with Crippen molar-refractivity contribution in [2.75, 3.05) is 26.2 Å². The van der Waals surface area contributed by atoms with Gasteiger partial charge in [-0.3, -0.25) is 4.79 Å². The molecule has 3 aromatic rings. The van der Waals surface area contributed by atoms with Crippen LogP contribution in [0.2, 0.25) is 0 Å². The lowest BCUT2D eigenvalue weighted by Gasteiger charge is -2.41. The monoisotopic (exact) mass is 559 g/mol. The Morgan fingerprint density at radius 3 is 2.42 bits per heavy atom. The summed E-state index contributed by atoms with van der Waals surface area (Å²) in [5.74, 6) is -0.492. The van der Waals surface area contributed by atoms with E-state index in [4.69, 9.17) is 9.47 Å². The number of imidazole rings is 1. The molecule has 1 aromatic carbocycles. The molecule has 2 amide bonds. The van der Waals surface area contributed by atoms with Crippen LogP contribution in [0.4, 0.5) is 18.0 Å². The maximum Gasteiger partial charge on any atom is 0.433 e. The number of rotatable bonds is 6. The number of amides is 2. The van der Waals surface area contributed by atoms with E-state index < -0.39 is 29.6 Å². The highest BCUT2D eigenvalue weighted by molar-refractivity contribution is 5.98. The predicted molar refractivity (Wildman–Crippen MR) is 141 cm³/mol. The number of ether oxygens (including phenoxy) is 2. The molecule has 0 unspecified atom stereocenters. The molecular weight excluding hydrogens is 527 g/mol. The second kappa shape index (κ2) is 11.6. The third-order valence-electron chi connectivity index (χ3n) is 6.30. The average Bonchev–Trinajstić information content (AvgIpc) is 3.28. The fraction of sp³-hybridized carbons (Fsp3) is 0.429. The summed E-state index contributed by atoms with van der Waals surface area (Å²) in [4.78, 5) is 37.7. The molecule has 3 heterocycles. The molecule has 0 spiro atoms. The van der Waals surface area contributed by atoms with Gasteiger partial charge in [0.1, 0.15) is 11.3 Å². The lowest BCUT2D eigenvalue weighted by Crippen LogP contribution is -2.57. The Balaban J connectivity index is 1.55. The van der Waals surface area contributed by atoms with E-state index in [0.717, 1.165) is 11.6 Å². The summed E-state index contributed by atoms with van der Waals surface area (Å²) in [5.41, 5.74) is -0.00257. The summed E-state index contributed by atoms with van der Waals surface area (Å²) >= 11 is 0. The summed E-state index contributed by atoms with van der Waals surface area (Å²) in [7, 11) is 1.81. The highest BCUT2D eigenvalue weighted by Crippen LogP contribution is 2.29. The number of hydrogen-bond donors (Lipinski definition) is 0. The van der Waals surface area contributed by atoms with E-state index >= 15 is 0 Å². The molecule has 12 heteroatoms. The van der Waals surface area contributed by atoms with E-state index in [-0.39, 0.29) is 50.1 Å². The van der Waals surface area contributed by atoms with Crippen molar-refractivity contribution in [2.45, 2.75) is 45.0 Å². The molecule has 0 radical (unpaired) electrons. The van der Waals surface area contributed by atoms with Gasteiger partial charge in [-0.25, -0.2) is 14.8 Å². The number of piperazine rings is 1. The van der Waals surface area contributed by atoms with Crippen molar-refractivity contribution in [3.8, 4) is 17.1 Å². The third-order valence-corrected chi connectivity index (χ3v) is 6.30. The zero-order chi connectivity index (χ0) is 29.1. The Morgan fingerprint density at radius 2 is 1.75 bits per heavy atom. The number of aryl methyl sites for hydroxylation is 1. The molecule has 1 atom stereocenters. The Kier molecular flexibility index (Phi) is 8.36. The summed E-state index contributed by atoms with van der Waals surface area (Å²) in [6, 6.07) is 12.3. The van der Waals surface area contributed by atoms with Crippen LogP contribution in [0.15, 0.2) is 54.9 Å². The van der Waals surface area contributed by atoms with Crippen LogP contribution in [0, 0.1) is 0 Å². The molecule has 4 rings (SSSR count). The number of nitrogens with zero attached hydrogens (tertiary/aromatic N) is 5. The molecule has 2 aromatic heterocycles. The SMILES string of the molecule is Cn1cnc(C(=O)N2CCN(C(=O)OC(C)(C)C)C[C@H]2CCOc2cccc(C(F)(F)F)n2)c1-c1ccccc1. The van der Waals surface area contributed by atoms with E-state index in [1.165, 1.54) is 17.0 Å². The Labute approximate surface area is 230 Å². The summed E-state index contributed by atoms with van der Waals surface area (Å²) in [6.45, 7) is 5.90. The van der Waals surface area contributed by atoms with Crippen molar-refractivity contribution in [1.29, 1.82) is 0 Å². The van der Waals surface area contributed by atoms with Crippen molar-refractivity contribution < 1.29 is 32.2 Å². The van der Waals surface area contributed by atoms with E-state index in [1.807, 2.05) is 30.3 Å². The van der Waals surface area contributed by atoms with E-state index in [2.05, 4.69) is 9.97 Å². The largest absolute Gasteiger partial charge is 0.478 e. The van der Waals surface area contributed by atoms with Gasteiger partial charge < -0.3 is 23.8 Å². The maximum atomic E-state index is 13.8. The minimum atomic E-state index is -4.60. The van der Waals surface area contributed by atoms with Crippen molar-refractivity contribution >= 4 is 12.0 Å². The molecule has 0 bridgehead atoms. The third kappa shape index (κ3) is 6.91. The van der Waals surface area contributed by atoms with Gasteiger partial charge in [-0.1, -0.05) is 36.4 Å². The maximum absolute atomic E-state index is 13.8. The average molecular weight is 560 g/mol. The van der Waals surface area contributed by atoms with Gasteiger partial charge in [-0.2, -0.15) is 13.2 Å². The standard InChI is InChI=1S/C28H32F3N5O4/c1-27(2,3)40-26(38)35-14-15-36(25(37)23-24(34(4)18-32-23)19-9-6-5-7-10-19)20(17-35)13-16-39-22-12-8-11-21(33-22)28(29,30)31/h5-12,18,20H,13-17H2,1-4H3/t20-/m1/s1. The van der Waals surface area contributed by atoms with Gasteiger partial charge in [-0.05, 0) is 26.8 Å². The van der Waals surface area contributed by atoms with Gasteiger partial charge in [0, 0.05) is 44.7 Å². The molecule has 1 aliphatic heterocycles. The molecule has 0 saturated carbocycles.